The van der Waals surface area contributed by atoms with E-state index in [1.165, 1.54) is 19.1 Å². The van der Waals surface area contributed by atoms with Gasteiger partial charge in [0.2, 0.25) is 0 Å². The van der Waals surface area contributed by atoms with Crippen LogP contribution < -0.4 is 0 Å². The number of methoxy groups -OCH3 is 1. The van der Waals surface area contributed by atoms with Gasteiger partial charge in [0.05, 0.1) is 7.11 Å². The molecule has 1 aromatic carbocycles. The van der Waals surface area contributed by atoms with Gasteiger partial charge in [-0.1, -0.05) is 49.6 Å². The maximum absolute atomic E-state index is 12.6. The highest BCUT2D eigenvalue weighted by molar-refractivity contribution is 5.81. The first-order valence-electron chi connectivity index (χ1n) is 8.18. The summed E-state index contributed by atoms with van der Waals surface area (Å²) in [6, 6.07) is 11.0. The maximum atomic E-state index is 12.6. The first kappa shape index (κ1) is 14.6. The second-order valence-electron chi connectivity index (χ2n) is 6.35. The Hall–Kier alpha value is -1.35. The summed E-state index contributed by atoms with van der Waals surface area (Å²) in [5, 5.41) is 0. The Morgan fingerprint density at radius 2 is 1.86 bits per heavy atom. The van der Waals surface area contributed by atoms with Gasteiger partial charge >= 0.3 is 5.97 Å². The van der Waals surface area contributed by atoms with Gasteiger partial charge in [0.15, 0.2) is 0 Å². The van der Waals surface area contributed by atoms with E-state index in [4.69, 9.17) is 4.74 Å². The van der Waals surface area contributed by atoms with E-state index < -0.39 is 0 Å². The number of nitrogens with zero attached hydrogens (tertiary/aromatic N) is 1. The molecule has 1 aromatic rings. The molecule has 1 aliphatic heterocycles. The normalized spacial score (nSPS) is 25.7. The average molecular weight is 287 g/mol. The minimum atomic E-state index is -0.385. The van der Waals surface area contributed by atoms with Crippen LogP contribution in [0.2, 0.25) is 0 Å². The molecule has 1 atom stereocenters. The zero-order valence-corrected chi connectivity index (χ0v) is 12.9. The van der Waals surface area contributed by atoms with Crippen LogP contribution in [0.5, 0.6) is 0 Å². The van der Waals surface area contributed by atoms with Crippen LogP contribution in [0.1, 0.15) is 56.6 Å². The Balaban J connectivity index is 1.92. The fourth-order valence-electron chi connectivity index (χ4n) is 4.24. The number of rotatable bonds is 3. The fourth-order valence-corrected chi connectivity index (χ4v) is 4.24. The van der Waals surface area contributed by atoms with Crippen LogP contribution in [0.25, 0.3) is 0 Å². The summed E-state index contributed by atoms with van der Waals surface area (Å²) in [4.78, 5) is 15.0. The smallest absolute Gasteiger partial charge is 0.326 e. The minimum absolute atomic E-state index is 0.0231. The van der Waals surface area contributed by atoms with Crippen LogP contribution in [-0.4, -0.2) is 30.1 Å². The quantitative estimate of drug-likeness (QED) is 0.794. The van der Waals surface area contributed by atoms with Crippen molar-refractivity contribution in [2.24, 2.45) is 0 Å². The van der Waals surface area contributed by atoms with E-state index in [0.717, 1.165) is 45.1 Å². The zero-order chi connectivity index (χ0) is 14.7. The van der Waals surface area contributed by atoms with Crippen LogP contribution in [0, 0.1) is 0 Å². The van der Waals surface area contributed by atoms with E-state index in [9.17, 15) is 4.79 Å². The van der Waals surface area contributed by atoms with E-state index in [1.807, 2.05) is 0 Å². The summed E-state index contributed by atoms with van der Waals surface area (Å²) in [5.41, 5.74) is 0.952. The summed E-state index contributed by atoms with van der Waals surface area (Å²) < 4.78 is 5.21. The molecule has 1 heterocycles. The molecule has 21 heavy (non-hydrogen) atoms. The van der Waals surface area contributed by atoms with Crippen molar-refractivity contribution in [3.8, 4) is 0 Å². The highest BCUT2D eigenvalue weighted by Crippen LogP contribution is 2.44. The highest BCUT2D eigenvalue weighted by Gasteiger charge is 2.49. The zero-order valence-electron chi connectivity index (χ0n) is 12.9. The van der Waals surface area contributed by atoms with Gasteiger partial charge in [0, 0.05) is 6.04 Å². The predicted molar refractivity (Wildman–Crippen MR) is 83.0 cm³/mol. The number of benzene rings is 1. The van der Waals surface area contributed by atoms with E-state index in [1.54, 1.807) is 0 Å². The molecule has 0 amide bonds. The lowest BCUT2D eigenvalue weighted by atomic mass is 9.79. The third-order valence-electron chi connectivity index (χ3n) is 5.23. The van der Waals surface area contributed by atoms with Gasteiger partial charge in [0.25, 0.3) is 0 Å². The number of likely N-dealkylation sites (tertiary alicyclic amines) is 1. The number of hydrogen-bond donors (Lipinski definition) is 0. The van der Waals surface area contributed by atoms with Crippen LogP contribution in [0.3, 0.4) is 0 Å². The van der Waals surface area contributed by atoms with Gasteiger partial charge < -0.3 is 4.74 Å². The van der Waals surface area contributed by atoms with Gasteiger partial charge in [-0.2, -0.15) is 0 Å². The Kier molecular flexibility index (Phi) is 4.29. The predicted octanol–water partition coefficient (Wildman–Crippen LogP) is 3.70. The number of hydrogen-bond acceptors (Lipinski definition) is 3. The van der Waals surface area contributed by atoms with Crippen molar-refractivity contribution in [1.82, 2.24) is 4.90 Å². The molecule has 2 fully saturated rings. The number of carbonyl (C=O) groups excluding carboxylic acids is 1. The molecule has 0 N–H and O–H groups in total. The molecule has 0 spiro atoms. The summed E-state index contributed by atoms with van der Waals surface area (Å²) in [6.07, 6.45) is 7.70. The molecule has 0 bridgehead atoms. The maximum Gasteiger partial charge on any atom is 0.326 e. The van der Waals surface area contributed by atoms with Crippen LogP contribution in [-0.2, 0) is 9.53 Å². The van der Waals surface area contributed by atoms with Crippen molar-refractivity contribution in [3.05, 3.63) is 35.9 Å². The number of ether oxygens (including phenoxy) is 1. The van der Waals surface area contributed by atoms with Crippen molar-refractivity contribution in [3.63, 3.8) is 0 Å². The van der Waals surface area contributed by atoms with Crippen molar-refractivity contribution >= 4 is 5.97 Å². The van der Waals surface area contributed by atoms with Crippen LogP contribution in [0.4, 0.5) is 0 Å². The molecule has 0 aromatic heterocycles. The first-order chi connectivity index (χ1) is 10.3. The van der Waals surface area contributed by atoms with Crippen LogP contribution in [0.15, 0.2) is 30.3 Å². The van der Waals surface area contributed by atoms with Gasteiger partial charge in [-0.15, -0.1) is 0 Å². The standard InChI is InChI=1S/C18H25NO2/c1-21-17(20)18(12-6-3-7-13-18)19-14-8-11-16(19)15-9-4-2-5-10-15/h2,4-5,9-10,16H,3,6-8,11-14H2,1H3. The second-order valence-corrected chi connectivity index (χ2v) is 6.35. The minimum Gasteiger partial charge on any atom is -0.468 e. The molecule has 114 valence electrons. The Labute approximate surface area is 127 Å². The Morgan fingerprint density at radius 1 is 1.14 bits per heavy atom. The molecule has 3 rings (SSSR count). The molecular weight excluding hydrogens is 262 g/mol. The van der Waals surface area contributed by atoms with Crippen molar-refractivity contribution in [2.75, 3.05) is 13.7 Å². The molecule has 3 heteroatoms. The fraction of sp³-hybridized carbons (Fsp3) is 0.611. The number of carbonyl (C=O) groups is 1. The van der Waals surface area contributed by atoms with Crippen LogP contribution >= 0.6 is 0 Å². The molecule has 1 unspecified atom stereocenters. The van der Waals surface area contributed by atoms with E-state index in [2.05, 4.69) is 35.2 Å². The summed E-state index contributed by atoms with van der Waals surface area (Å²) >= 11 is 0. The van der Waals surface area contributed by atoms with E-state index >= 15 is 0 Å². The van der Waals surface area contributed by atoms with Gasteiger partial charge in [-0.25, -0.2) is 0 Å². The topological polar surface area (TPSA) is 29.5 Å². The molecule has 0 radical (unpaired) electrons. The lowest BCUT2D eigenvalue weighted by Crippen LogP contribution is -2.55. The summed E-state index contributed by atoms with van der Waals surface area (Å²) in [7, 11) is 1.53. The largest absolute Gasteiger partial charge is 0.468 e. The Morgan fingerprint density at radius 3 is 2.52 bits per heavy atom. The van der Waals surface area contributed by atoms with E-state index in [-0.39, 0.29) is 11.5 Å². The SMILES string of the molecule is COC(=O)C1(N2CCCC2c2ccccc2)CCCCC1. The van der Waals surface area contributed by atoms with E-state index in [0.29, 0.717) is 6.04 Å². The summed E-state index contributed by atoms with van der Waals surface area (Å²) in [6.45, 7) is 1.01. The van der Waals surface area contributed by atoms with Crippen molar-refractivity contribution in [1.29, 1.82) is 0 Å². The van der Waals surface area contributed by atoms with Gasteiger partial charge in [-0.3, -0.25) is 9.69 Å². The molecule has 1 saturated heterocycles. The first-order valence-corrected chi connectivity index (χ1v) is 8.18. The second kappa shape index (κ2) is 6.18. The highest BCUT2D eigenvalue weighted by atomic mass is 16.5. The lowest BCUT2D eigenvalue weighted by Gasteiger charge is -2.45. The molecule has 3 nitrogen and oxygen atoms in total. The summed E-state index contributed by atoms with van der Waals surface area (Å²) in [5.74, 6) is -0.0231. The lowest BCUT2D eigenvalue weighted by molar-refractivity contribution is -0.159. The third-order valence-corrected chi connectivity index (χ3v) is 5.23. The van der Waals surface area contributed by atoms with Crippen molar-refractivity contribution in [2.45, 2.75) is 56.5 Å². The third kappa shape index (κ3) is 2.59. The van der Waals surface area contributed by atoms with Gasteiger partial charge in [-0.05, 0) is 37.8 Å². The van der Waals surface area contributed by atoms with Crippen molar-refractivity contribution < 1.29 is 9.53 Å². The average Bonchev–Trinajstić information content (AvgIpc) is 3.05. The molecular formula is C18H25NO2. The monoisotopic (exact) mass is 287 g/mol. The van der Waals surface area contributed by atoms with Gasteiger partial charge in [0.1, 0.15) is 5.54 Å². The molecule has 1 aliphatic carbocycles. The Bertz CT molecular complexity index is 479. The molecule has 2 aliphatic rings. The molecule has 1 saturated carbocycles. The number of esters is 1.